The second-order valence-electron chi connectivity index (χ2n) is 8.02. The molecule has 1 saturated heterocycles. The minimum Gasteiger partial charge on any atom is -0.297 e. The van der Waals surface area contributed by atoms with Gasteiger partial charge in [-0.05, 0) is 49.6 Å². The molecular formula is C21H28N6. The fourth-order valence-electron chi connectivity index (χ4n) is 3.86. The van der Waals surface area contributed by atoms with Crippen molar-refractivity contribution in [3.63, 3.8) is 0 Å². The summed E-state index contributed by atoms with van der Waals surface area (Å²) in [6, 6.07) is 6.58. The maximum Gasteiger partial charge on any atom is 0.0650 e. The molecule has 1 fully saturated rings. The summed E-state index contributed by atoms with van der Waals surface area (Å²) in [6.45, 7) is 9.49. The first kappa shape index (κ1) is 17.9. The summed E-state index contributed by atoms with van der Waals surface area (Å²) < 4.78 is 1.85. The van der Waals surface area contributed by atoms with E-state index in [-0.39, 0.29) is 0 Å². The van der Waals surface area contributed by atoms with Crippen LogP contribution in [0.2, 0.25) is 0 Å². The number of aryl methyl sites for hydroxylation is 2. The van der Waals surface area contributed by atoms with Crippen molar-refractivity contribution in [1.82, 2.24) is 29.9 Å². The molecule has 142 valence electrons. The molecule has 6 nitrogen and oxygen atoms in total. The average Bonchev–Trinajstić information content (AvgIpc) is 3.35. The smallest absolute Gasteiger partial charge is 0.0650 e. The highest BCUT2D eigenvalue weighted by molar-refractivity contribution is 5.62. The third kappa shape index (κ3) is 3.95. The van der Waals surface area contributed by atoms with Gasteiger partial charge in [0, 0.05) is 54.9 Å². The van der Waals surface area contributed by atoms with Gasteiger partial charge in [0.2, 0.25) is 0 Å². The lowest BCUT2D eigenvalue weighted by Crippen LogP contribution is -2.20. The van der Waals surface area contributed by atoms with Crippen LogP contribution in [0.1, 0.15) is 54.9 Å². The molecule has 0 spiro atoms. The number of hydrogen-bond donors (Lipinski definition) is 1. The Kier molecular flexibility index (Phi) is 4.83. The Morgan fingerprint density at radius 3 is 2.78 bits per heavy atom. The minimum absolute atomic E-state index is 0.462. The lowest BCUT2D eigenvalue weighted by molar-refractivity contribution is 0.322. The Morgan fingerprint density at radius 2 is 2.07 bits per heavy atom. The third-order valence-corrected chi connectivity index (χ3v) is 5.34. The number of aromatic amines is 1. The van der Waals surface area contributed by atoms with E-state index in [0.717, 1.165) is 43.0 Å². The molecule has 1 unspecified atom stereocenters. The van der Waals surface area contributed by atoms with Gasteiger partial charge in [-0.25, -0.2) is 0 Å². The average molecular weight is 364 g/mol. The van der Waals surface area contributed by atoms with Crippen LogP contribution in [0.25, 0.3) is 11.1 Å². The van der Waals surface area contributed by atoms with Gasteiger partial charge in [0.15, 0.2) is 0 Å². The number of rotatable bonds is 5. The number of nitrogens with zero attached hydrogens (tertiary/aromatic N) is 5. The second-order valence-corrected chi connectivity index (χ2v) is 8.02. The monoisotopic (exact) mass is 364 g/mol. The number of H-pyrrole nitrogens is 1. The Labute approximate surface area is 160 Å². The molecule has 1 aliphatic heterocycles. The van der Waals surface area contributed by atoms with E-state index in [0.29, 0.717) is 11.8 Å². The van der Waals surface area contributed by atoms with Gasteiger partial charge in [-0.15, -0.1) is 0 Å². The Hall–Kier alpha value is -2.47. The van der Waals surface area contributed by atoms with E-state index < -0.39 is 0 Å². The van der Waals surface area contributed by atoms with Crippen molar-refractivity contribution in [3.05, 3.63) is 53.4 Å². The van der Waals surface area contributed by atoms with E-state index in [1.54, 1.807) is 0 Å². The topological polar surface area (TPSA) is 62.6 Å². The molecule has 1 atom stereocenters. The number of aromatic nitrogens is 5. The first-order chi connectivity index (χ1) is 13.0. The number of pyridine rings is 1. The predicted molar refractivity (Wildman–Crippen MR) is 106 cm³/mol. The molecule has 0 bridgehead atoms. The molecule has 6 heteroatoms. The van der Waals surface area contributed by atoms with Gasteiger partial charge in [0.05, 0.1) is 11.9 Å². The summed E-state index contributed by atoms with van der Waals surface area (Å²) in [7, 11) is 1.95. The highest BCUT2D eigenvalue weighted by Gasteiger charge is 2.26. The molecule has 0 radical (unpaired) electrons. The van der Waals surface area contributed by atoms with Crippen LogP contribution < -0.4 is 0 Å². The summed E-state index contributed by atoms with van der Waals surface area (Å²) in [5.74, 6) is 0.941. The second kappa shape index (κ2) is 7.27. The number of likely N-dealkylation sites (tertiary alicyclic amines) is 1. The van der Waals surface area contributed by atoms with Crippen molar-refractivity contribution in [2.45, 2.75) is 45.6 Å². The zero-order valence-electron chi connectivity index (χ0n) is 16.6. The van der Waals surface area contributed by atoms with Crippen molar-refractivity contribution >= 4 is 0 Å². The fourth-order valence-corrected chi connectivity index (χ4v) is 3.86. The van der Waals surface area contributed by atoms with Gasteiger partial charge < -0.3 is 0 Å². The Balaban J connectivity index is 1.47. The van der Waals surface area contributed by atoms with Crippen molar-refractivity contribution in [2.75, 3.05) is 13.1 Å². The van der Waals surface area contributed by atoms with E-state index in [1.165, 1.54) is 17.0 Å². The first-order valence-electron chi connectivity index (χ1n) is 9.72. The molecule has 0 aromatic carbocycles. The predicted octanol–water partition coefficient (Wildman–Crippen LogP) is 3.63. The van der Waals surface area contributed by atoms with Crippen LogP contribution in [0.5, 0.6) is 0 Å². The first-order valence-corrected chi connectivity index (χ1v) is 9.72. The maximum atomic E-state index is 4.84. The van der Waals surface area contributed by atoms with E-state index in [2.05, 4.69) is 65.4 Å². The Morgan fingerprint density at radius 1 is 1.22 bits per heavy atom. The lowest BCUT2D eigenvalue weighted by Gasteiger charge is -2.15. The van der Waals surface area contributed by atoms with E-state index >= 15 is 0 Å². The molecular weight excluding hydrogens is 336 g/mol. The van der Waals surface area contributed by atoms with Crippen molar-refractivity contribution < 1.29 is 0 Å². The molecule has 3 aromatic rings. The van der Waals surface area contributed by atoms with E-state index in [4.69, 9.17) is 4.98 Å². The third-order valence-electron chi connectivity index (χ3n) is 5.34. The molecule has 1 aliphatic rings. The van der Waals surface area contributed by atoms with Gasteiger partial charge in [-0.1, -0.05) is 13.8 Å². The van der Waals surface area contributed by atoms with Crippen LogP contribution in [0.15, 0.2) is 30.6 Å². The molecule has 0 saturated carbocycles. The molecule has 0 aliphatic carbocycles. The van der Waals surface area contributed by atoms with Gasteiger partial charge in [0.1, 0.15) is 0 Å². The normalized spacial score (nSPS) is 17.9. The van der Waals surface area contributed by atoms with Gasteiger partial charge in [-0.3, -0.25) is 19.7 Å². The van der Waals surface area contributed by atoms with Crippen molar-refractivity contribution in [2.24, 2.45) is 7.05 Å². The zero-order valence-corrected chi connectivity index (χ0v) is 16.6. The summed E-state index contributed by atoms with van der Waals surface area (Å²) in [6.07, 6.45) is 5.13. The van der Waals surface area contributed by atoms with Crippen LogP contribution in [-0.4, -0.2) is 43.0 Å². The minimum atomic E-state index is 0.462. The molecule has 1 N–H and O–H groups in total. The van der Waals surface area contributed by atoms with Crippen molar-refractivity contribution in [3.8, 4) is 11.1 Å². The van der Waals surface area contributed by atoms with Gasteiger partial charge in [-0.2, -0.15) is 10.2 Å². The number of nitrogens with one attached hydrogen (secondary N) is 1. The van der Waals surface area contributed by atoms with Crippen LogP contribution in [-0.2, 0) is 13.6 Å². The Bertz CT molecular complexity index is 922. The molecule has 27 heavy (non-hydrogen) atoms. The summed E-state index contributed by atoms with van der Waals surface area (Å²) in [5, 5.41) is 11.9. The summed E-state index contributed by atoms with van der Waals surface area (Å²) in [4.78, 5) is 7.34. The molecule has 4 rings (SSSR count). The maximum absolute atomic E-state index is 4.84. The SMILES string of the molecule is Cc1cc(-c2cnn(C)c2)cc(C2CCN(Cc3cc(C(C)C)n[nH]3)C2)n1. The van der Waals surface area contributed by atoms with E-state index in [1.807, 2.05) is 17.9 Å². The highest BCUT2D eigenvalue weighted by Crippen LogP contribution is 2.30. The van der Waals surface area contributed by atoms with Crippen LogP contribution in [0, 0.1) is 6.92 Å². The summed E-state index contributed by atoms with van der Waals surface area (Å²) >= 11 is 0. The highest BCUT2D eigenvalue weighted by atomic mass is 15.2. The van der Waals surface area contributed by atoms with Gasteiger partial charge in [0.25, 0.3) is 0 Å². The largest absolute Gasteiger partial charge is 0.297 e. The lowest BCUT2D eigenvalue weighted by atomic mass is 10.00. The molecule has 4 heterocycles. The van der Waals surface area contributed by atoms with Crippen molar-refractivity contribution in [1.29, 1.82) is 0 Å². The fraction of sp³-hybridized carbons (Fsp3) is 0.476. The zero-order chi connectivity index (χ0) is 19.0. The van der Waals surface area contributed by atoms with Gasteiger partial charge >= 0.3 is 0 Å². The summed E-state index contributed by atoms with van der Waals surface area (Å²) in [5.41, 5.74) is 6.97. The quantitative estimate of drug-likeness (QED) is 0.751. The number of hydrogen-bond acceptors (Lipinski definition) is 4. The van der Waals surface area contributed by atoms with E-state index in [9.17, 15) is 0 Å². The standard InChI is InChI=1S/C21H28N6/c1-14(2)20-9-19(24-25-20)13-27-6-5-16(12-27)21-8-17(7-15(3)23-21)18-10-22-26(4)11-18/h7-11,14,16H,5-6,12-13H2,1-4H3,(H,24,25). The van der Waals surface area contributed by atoms with Crippen LogP contribution in [0.4, 0.5) is 0 Å². The molecule has 3 aromatic heterocycles. The van der Waals surface area contributed by atoms with Crippen LogP contribution in [0.3, 0.4) is 0 Å². The molecule has 0 amide bonds. The van der Waals surface area contributed by atoms with Crippen LogP contribution >= 0.6 is 0 Å².